The van der Waals surface area contributed by atoms with E-state index in [4.69, 9.17) is 0 Å². The van der Waals surface area contributed by atoms with E-state index in [-0.39, 0.29) is 0 Å². The highest BCUT2D eigenvalue weighted by Gasteiger charge is 2.05. The number of hydrogen-bond donors (Lipinski definition) is 1. The third-order valence-corrected chi connectivity index (χ3v) is 2.65. The maximum Gasteiger partial charge on any atom is 0.0717 e. The van der Waals surface area contributed by atoms with Gasteiger partial charge in [0.25, 0.3) is 0 Å². The van der Waals surface area contributed by atoms with Gasteiger partial charge in [0.1, 0.15) is 0 Å². The summed E-state index contributed by atoms with van der Waals surface area (Å²) in [5.41, 5.74) is 3.19. The molecule has 1 unspecified atom stereocenters. The number of rotatable bonds is 3. The topological polar surface area (TPSA) is 37.8 Å². The lowest BCUT2D eigenvalue weighted by molar-refractivity contribution is 0.650. The van der Waals surface area contributed by atoms with E-state index >= 15 is 0 Å². The van der Waals surface area contributed by atoms with Crippen molar-refractivity contribution in [2.75, 3.05) is 7.05 Å². The Kier molecular flexibility index (Phi) is 3.27. The Morgan fingerprint density at radius 2 is 2.12 bits per heavy atom. The molecule has 3 heteroatoms. The van der Waals surface area contributed by atoms with Gasteiger partial charge in [0.15, 0.2) is 0 Å². The molecule has 0 spiro atoms. The van der Waals surface area contributed by atoms with Crippen molar-refractivity contribution in [1.29, 1.82) is 0 Å². The molecule has 1 atom stereocenters. The first-order valence-electron chi connectivity index (χ1n) is 5.35. The lowest BCUT2D eigenvalue weighted by atomic mass is 10.1. The smallest absolute Gasteiger partial charge is 0.0717 e. The van der Waals surface area contributed by atoms with Gasteiger partial charge in [0.2, 0.25) is 0 Å². The highest BCUT2D eigenvalue weighted by Crippen LogP contribution is 2.19. The van der Waals surface area contributed by atoms with Crippen LogP contribution in [0.4, 0.5) is 0 Å². The monoisotopic (exact) mass is 213 g/mol. The third-order valence-electron chi connectivity index (χ3n) is 2.65. The second-order valence-corrected chi connectivity index (χ2v) is 3.73. The number of nitrogens with one attached hydrogen (secondary N) is 1. The standard InChI is InChI=1S/C13H15N3/c1-10(14-2)11-7-12(9-15-8-11)13-5-3-4-6-16-13/h3-10,14H,1-2H3. The van der Waals surface area contributed by atoms with Crippen molar-refractivity contribution < 1.29 is 0 Å². The van der Waals surface area contributed by atoms with E-state index < -0.39 is 0 Å². The second kappa shape index (κ2) is 4.86. The van der Waals surface area contributed by atoms with E-state index in [2.05, 4.69) is 28.3 Å². The summed E-state index contributed by atoms with van der Waals surface area (Å²) in [5, 5.41) is 3.20. The van der Waals surface area contributed by atoms with Gasteiger partial charge in [-0.1, -0.05) is 6.07 Å². The van der Waals surface area contributed by atoms with Crippen molar-refractivity contribution in [2.45, 2.75) is 13.0 Å². The fraction of sp³-hybridized carbons (Fsp3) is 0.231. The molecule has 1 N–H and O–H groups in total. The Morgan fingerprint density at radius 1 is 1.25 bits per heavy atom. The lowest BCUT2D eigenvalue weighted by Gasteiger charge is -2.11. The first kappa shape index (κ1) is 10.8. The second-order valence-electron chi connectivity index (χ2n) is 3.73. The predicted molar refractivity (Wildman–Crippen MR) is 64.9 cm³/mol. The molecule has 0 aliphatic rings. The SMILES string of the molecule is CNC(C)c1cncc(-c2ccccn2)c1. The van der Waals surface area contributed by atoms with Crippen LogP contribution in [0.5, 0.6) is 0 Å². The van der Waals surface area contributed by atoms with Crippen molar-refractivity contribution in [3.8, 4) is 11.3 Å². The van der Waals surface area contributed by atoms with Gasteiger partial charge < -0.3 is 5.32 Å². The number of hydrogen-bond acceptors (Lipinski definition) is 3. The van der Waals surface area contributed by atoms with Gasteiger partial charge in [-0.15, -0.1) is 0 Å². The van der Waals surface area contributed by atoms with Gasteiger partial charge in [-0.25, -0.2) is 0 Å². The summed E-state index contributed by atoms with van der Waals surface area (Å²) < 4.78 is 0. The van der Waals surface area contributed by atoms with Gasteiger partial charge in [0.05, 0.1) is 5.69 Å². The van der Waals surface area contributed by atoms with E-state index in [1.807, 2.05) is 37.6 Å². The van der Waals surface area contributed by atoms with E-state index in [1.54, 1.807) is 6.20 Å². The number of aromatic nitrogens is 2. The summed E-state index contributed by atoms with van der Waals surface area (Å²) in [7, 11) is 1.94. The number of nitrogens with zero attached hydrogens (tertiary/aromatic N) is 2. The van der Waals surface area contributed by atoms with Crippen LogP contribution in [0.1, 0.15) is 18.5 Å². The molecule has 0 saturated heterocycles. The average Bonchev–Trinajstić information content (AvgIpc) is 2.39. The largest absolute Gasteiger partial charge is 0.313 e. The van der Waals surface area contributed by atoms with E-state index in [0.717, 1.165) is 11.3 Å². The molecule has 0 bridgehead atoms. The first-order chi connectivity index (χ1) is 7.81. The van der Waals surface area contributed by atoms with E-state index in [0.29, 0.717) is 6.04 Å². The van der Waals surface area contributed by atoms with Crippen molar-refractivity contribution in [2.24, 2.45) is 0 Å². The van der Waals surface area contributed by atoms with Crippen LogP contribution in [-0.4, -0.2) is 17.0 Å². The van der Waals surface area contributed by atoms with E-state index in [9.17, 15) is 0 Å². The van der Waals surface area contributed by atoms with Crippen molar-refractivity contribution in [3.05, 3.63) is 48.4 Å². The van der Waals surface area contributed by atoms with E-state index in [1.165, 1.54) is 5.56 Å². The molecular formula is C13H15N3. The van der Waals surface area contributed by atoms with Crippen LogP contribution >= 0.6 is 0 Å². The molecule has 2 heterocycles. The fourth-order valence-corrected chi connectivity index (χ4v) is 1.53. The maximum absolute atomic E-state index is 4.31. The summed E-state index contributed by atoms with van der Waals surface area (Å²) in [4.78, 5) is 8.56. The molecule has 0 aliphatic carbocycles. The Labute approximate surface area is 95.6 Å². The third kappa shape index (κ3) is 2.25. The number of pyridine rings is 2. The van der Waals surface area contributed by atoms with Crippen LogP contribution in [0.15, 0.2) is 42.9 Å². The molecule has 0 aromatic carbocycles. The Morgan fingerprint density at radius 3 is 2.81 bits per heavy atom. The van der Waals surface area contributed by atoms with Crippen LogP contribution in [0, 0.1) is 0 Å². The average molecular weight is 213 g/mol. The van der Waals surface area contributed by atoms with Gasteiger partial charge >= 0.3 is 0 Å². The normalized spacial score (nSPS) is 12.4. The van der Waals surface area contributed by atoms with Crippen molar-refractivity contribution in [1.82, 2.24) is 15.3 Å². The van der Waals surface area contributed by atoms with Crippen LogP contribution in [-0.2, 0) is 0 Å². The summed E-state index contributed by atoms with van der Waals surface area (Å²) in [6, 6.07) is 8.31. The minimum absolute atomic E-state index is 0.302. The predicted octanol–water partition coefficient (Wildman–Crippen LogP) is 2.42. The van der Waals surface area contributed by atoms with Crippen LogP contribution in [0.2, 0.25) is 0 Å². The summed E-state index contributed by atoms with van der Waals surface area (Å²) in [5.74, 6) is 0. The summed E-state index contributed by atoms with van der Waals surface area (Å²) >= 11 is 0. The van der Waals surface area contributed by atoms with Gasteiger partial charge in [-0.2, -0.15) is 0 Å². The highest BCUT2D eigenvalue weighted by molar-refractivity contribution is 5.58. The van der Waals surface area contributed by atoms with Crippen LogP contribution in [0.25, 0.3) is 11.3 Å². The van der Waals surface area contributed by atoms with Gasteiger partial charge in [0, 0.05) is 30.2 Å². The zero-order valence-electron chi connectivity index (χ0n) is 9.51. The molecule has 2 rings (SSSR count). The van der Waals surface area contributed by atoms with Crippen LogP contribution in [0.3, 0.4) is 0 Å². The minimum atomic E-state index is 0.302. The molecule has 0 amide bonds. The van der Waals surface area contributed by atoms with Gasteiger partial charge in [-0.3, -0.25) is 9.97 Å². The Hall–Kier alpha value is -1.74. The molecule has 82 valence electrons. The lowest BCUT2D eigenvalue weighted by Crippen LogP contribution is -2.12. The van der Waals surface area contributed by atoms with Crippen molar-refractivity contribution in [3.63, 3.8) is 0 Å². The summed E-state index contributed by atoms with van der Waals surface area (Å²) in [6.45, 7) is 2.11. The maximum atomic E-state index is 4.31. The molecule has 0 saturated carbocycles. The van der Waals surface area contributed by atoms with Crippen molar-refractivity contribution >= 4 is 0 Å². The quantitative estimate of drug-likeness (QED) is 0.850. The molecule has 2 aromatic rings. The summed E-state index contributed by atoms with van der Waals surface area (Å²) in [6.07, 6.45) is 5.52. The fourth-order valence-electron chi connectivity index (χ4n) is 1.53. The first-order valence-corrected chi connectivity index (χ1v) is 5.35. The molecule has 0 aliphatic heterocycles. The zero-order chi connectivity index (χ0) is 11.4. The highest BCUT2D eigenvalue weighted by atomic mass is 14.9. The minimum Gasteiger partial charge on any atom is -0.313 e. The molecule has 3 nitrogen and oxygen atoms in total. The Bertz CT molecular complexity index is 454. The molecule has 16 heavy (non-hydrogen) atoms. The Balaban J connectivity index is 2.36. The molecule has 2 aromatic heterocycles. The molecule has 0 radical (unpaired) electrons. The molecular weight excluding hydrogens is 198 g/mol. The zero-order valence-corrected chi connectivity index (χ0v) is 9.51. The van der Waals surface area contributed by atoms with Crippen LogP contribution < -0.4 is 5.32 Å². The molecule has 0 fully saturated rings. The van der Waals surface area contributed by atoms with Gasteiger partial charge in [-0.05, 0) is 37.7 Å².